The van der Waals surface area contributed by atoms with Gasteiger partial charge in [-0.05, 0) is 32.1 Å². The molecule has 0 saturated heterocycles. The van der Waals surface area contributed by atoms with Crippen molar-refractivity contribution in [1.82, 2.24) is 0 Å². The molecule has 0 aromatic heterocycles. The van der Waals surface area contributed by atoms with Crippen molar-refractivity contribution < 1.29 is 15.4 Å². The van der Waals surface area contributed by atoms with Gasteiger partial charge in [-0.15, -0.1) is 0 Å². The predicted molar refractivity (Wildman–Crippen MR) is 99.9 cm³/mol. The van der Waals surface area contributed by atoms with Crippen LogP contribution in [0.3, 0.4) is 0 Å². The summed E-state index contributed by atoms with van der Waals surface area (Å²) in [5.74, 6) is -0.659. The van der Waals surface area contributed by atoms with E-state index in [0.29, 0.717) is 6.42 Å². The van der Waals surface area contributed by atoms with Gasteiger partial charge in [0.1, 0.15) is 0 Å². The van der Waals surface area contributed by atoms with Gasteiger partial charge in [-0.1, -0.05) is 83.3 Å². The maximum Gasteiger partial charge on any atom is 0.303 e. The summed E-state index contributed by atoms with van der Waals surface area (Å²) in [6.07, 6.45) is 24.2. The van der Waals surface area contributed by atoms with Crippen molar-refractivity contribution >= 4 is 5.97 Å². The van der Waals surface area contributed by atoms with E-state index in [1.807, 2.05) is 0 Å². The molecule has 0 saturated carbocycles. The van der Waals surface area contributed by atoms with Gasteiger partial charge in [0.2, 0.25) is 0 Å². The Hall–Kier alpha value is -0.830. The molecule has 3 N–H and O–H groups in total. The van der Waals surface area contributed by atoms with Gasteiger partial charge in [-0.2, -0.15) is 0 Å². The smallest absolute Gasteiger partial charge is 0.303 e. The van der Waals surface area contributed by atoms with E-state index in [0.717, 1.165) is 12.8 Å². The van der Waals surface area contributed by atoms with Gasteiger partial charge in [-0.3, -0.25) is 4.79 Å². The maximum absolute atomic E-state index is 10.4. The Bertz CT molecular complexity index is 262. The average Bonchev–Trinajstić information content (AvgIpc) is 2.50. The molecule has 0 aliphatic carbocycles. The van der Waals surface area contributed by atoms with Crippen LogP contribution in [0.4, 0.5) is 0 Å². The Balaban J connectivity index is 0. The van der Waals surface area contributed by atoms with E-state index in [4.69, 9.17) is 5.11 Å². The normalized spacial score (nSPS) is 10.8. The van der Waals surface area contributed by atoms with E-state index in [1.54, 1.807) is 0 Å². The van der Waals surface area contributed by atoms with Gasteiger partial charge >= 0.3 is 5.97 Å². The highest BCUT2D eigenvalue weighted by molar-refractivity contribution is 5.66. The van der Waals surface area contributed by atoms with E-state index >= 15 is 0 Å². The summed E-state index contributed by atoms with van der Waals surface area (Å²) in [5, 5.41) is 8.53. The van der Waals surface area contributed by atoms with Crippen molar-refractivity contribution in [3.05, 3.63) is 12.2 Å². The van der Waals surface area contributed by atoms with Crippen molar-refractivity contribution in [2.45, 2.75) is 110 Å². The van der Waals surface area contributed by atoms with Crippen molar-refractivity contribution in [1.29, 1.82) is 0 Å². The van der Waals surface area contributed by atoms with E-state index in [9.17, 15) is 4.79 Å². The first-order chi connectivity index (χ1) is 10.8. The lowest BCUT2D eigenvalue weighted by Crippen LogP contribution is -1.93. The molecule has 0 rings (SSSR count). The maximum atomic E-state index is 10.4. The Kier molecular flexibility index (Phi) is 22.5. The van der Waals surface area contributed by atoms with Crippen LogP contribution in [0.1, 0.15) is 110 Å². The monoisotopic (exact) mass is 328 g/mol. The highest BCUT2D eigenvalue weighted by atomic mass is 16.4. The zero-order valence-electron chi connectivity index (χ0n) is 15.3. The fourth-order valence-corrected chi connectivity index (χ4v) is 2.70. The molecule has 0 heterocycles. The molecule has 0 spiro atoms. The van der Waals surface area contributed by atoms with Crippen LogP contribution in [0.15, 0.2) is 12.2 Å². The third kappa shape index (κ3) is 23.6. The molecule has 3 heteroatoms. The molecule has 0 atom stereocenters. The first-order valence-electron chi connectivity index (χ1n) is 9.64. The number of unbranched alkanes of at least 4 members (excludes halogenated alkanes) is 13. The van der Waals surface area contributed by atoms with Crippen LogP contribution in [-0.4, -0.2) is 16.6 Å². The Morgan fingerprint density at radius 2 is 1.09 bits per heavy atom. The van der Waals surface area contributed by atoms with Crippen LogP contribution < -0.4 is 0 Å². The topological polar surface area (TPSA) is 68.8 Å². The quantitative estimate of drug-likeness (QED) is 0.260. The van der Waals surface area contributed by atoms with Crippen LogP contribution in [0, 0.1) is 0 Å². The molecular formula is C20H40O3. The molecule has 0 aliphatic heterocycles. The average molecular weight is 329 g/mol. The summed E-state index contributed by atoms with van der Waals surface area (Å²) < 4.78 is 0. The number of rotatable bonds is 17. The highest BCUT2D eigenvalue weighted by Crippen LogP contribution is 2.11. The molecular weight excluding hydrogens is 288 g/mol. The van der Waals surface area contributed by atoms with E-state index in [-0.39, 0.29) is 5.48 Å². The summed E-state index contributed by atoms with van der Waals surface area (Å²) in [6.45, 7) is 2.27. The minimum Gasteiger partial charge on any atom is -0.481 e. The summed E-state index contributed by atoms with van der Waals surface area (Å²) >= 11 is 0. The lowest BCUT2D eigenvalue weighted by atomic mass is 10.1. The molecule has 0 bridgehead atoms. The second kappa shape index (κ2) is 21.2. The second-order valence-electron chi connectivity index (χ2n) is 6.44. The molecule has 138 valence electrons. The van der Waals surface area contributed by atoms with Crippen LogP contribution in [0.25, 0.3) is 0 Å². The van der Waals surface area contributed by atoms with Crippen LogP contribution in [-0.2, 0) is 4.79 Å². The van der Waals surface area contributed by atoms with Crippen molar-refractivity contribution in [3.63, 3.8) is 0 Å². The molecule has 0 fully saturated rings. The molecule has 0 amide bonds. The first kappa shape index (κ1) is 24.4. The molecule has 23 heavy (non-hydrogen) atoms. The minimum absolute atomic E-state index is 0. The fraction of sp³-hybridized carbons (Fsp3) is 0.850. The summed E-state index contributed by atoms with van der Waals surface area (Å²) in [6, 6.07) is 0. The van der Waals surface area contributed by atoms with Gasteiger partial charge in [0.15, 0.2) is 0 Å². The van der Waals surface area contributed by atoms with Gasteiger partial charge in [-0.25, -0.2) is 0 Å². The SMILES string of the molecule is CCCCCCCC/C=C/CCCCCCCCCC(=O)O.O. The Labute approximate surface area is 143 Å². The molecule has 0 unspecified atom stereocenters. The Morgan fingerprint density at radius 1 is 0.696 bits per heavy atom. The first-order valence-corrected chi connectivity index (χ1v) is 9.64. The number of hydrogen-bond donors (Lipinski definition) is 1. The molecule has 0 radical (unpaired) electrons. The minimum atomic E-state index is -0.659. The lowest BCUT2D eigenvalue weighted by Gasteiger charge is -2.00. The summed E-state index contributed by atoms with van der Waals surface area (Å²) in [4.78, 5) is 10.4. The van der Waals surface area contributed by atoms with Crippen LogP contribution in [0.5, 0.6) is 0 Å². The lowest BCUT2D eigenvalue weighted by molar-refractivity contribution is -0.137. The molecule has 0 aromatic rings. The summed E-state index contributed by atoms with van der Waals surface area (Å²) in [7, 11) is 0. The standard InChI is InChI=1S/C20H38O2.H2O/c1-2-3-4-5-6-7-8-9-10-11-12-13-14-15-16-17-18-19-20(21)22;/h9-10H,2-8,11-19H2,1H3,(H,21,22);1H2/b10-9+;. The number of aliphatic carboxylic acids is 1. The largest absolute Gasteiger partial charge is 0.481 e. The number of carboxylic acids is 1. The Morgan fingerprint density at radius 3 is 1.52 bits per heavy atom. The van der Waals surface area contributed by atoms with Crippen molar-refractivity contribution in [3.8, 4) is 0 Å². The zero-order chi connectivity index (χ0) is 16.3. The number of allylic oxidation sites excluding steroid dienone is 2. The van der Waals surface area contributed by atoms with Crippen molar-refractivity contribution in [2.24, 2.45) is 0 Å². The van der Waals surface area contributed by atoms with Crippen molar-refractivity contribution in [2.75, 3.05) is 0 Å². The van der Waals surface area contributed by atoms with Gasteiger partial charge in [0.05, 0.1) is 0 Å². The molecule has 0 aliphatic rings. The van der Waals surface area contributed by atoms with E-state index in [2.05, 4.69) is 19.1 Å². The third-order valence-electron chi connectivity index (χ3n) is 4.15. The predicted octanol–water partition coefficient (Wildman–Crippen LogP) is 6.06. The van der Waals surface area contributed by atoms with Crippen LogP contribution >= 0.6 is 0 Å². The van der Waals surface area contributed by atoms with Gasteiger partial charge in [0, 0.05) is 6.42 Å². The number of hydrogen-bond acceptors (Lipinski definition) is 1. The molecule has 3 nitrogen and oxygen atoms in total. The van der Waals surface area contributed by atoms with Gasteiger partial charge < -0.3 is 10.6 Å². The molecule has 0 aromatic carbocycles. The van der Waals surface area contributed by atoms with E-state index in [1.165, 1.54) is 83.5 Å². The number of carboxylic acid groups (broad SMARTS) is 1. The highest BCUT2D eigenvalue weighted by Gasteiger charge is 1.96. The van der Waals surface area contributed by atoms with E-state index < -0.39 is 5.97 Å². The van der Waals surface area contributed by atoms with Gasteiger partial charge in [0.25, 0.3) is 0 Å². The fourth-order valence-electron chi connectivity index (χ4n) is 2.70. The summed E-state index contributed by atoms with van der Waals surface area (Å²) in [5.41, 5.74) is 0. The van der Waals surface area contributed by atoms with Crippen LogP contribution in [0.2, 0.25) is 0 Å². The second-order valence-corrected chi connectivity index (χ2v) is 6.44. The third-order valence-corrected chi connectivity index (χ3v) is 4.15. The zero-order valence-corrected chi connectivity index (χ0v) is 15.3. The number of carbonyl (C=O) groups is 1.